The lowest BCUT2D eigenvalue weighted by molar-refractivity contribution is 0.208. The van der Waals surface area contributed by atoms with Gasteiger partial charge in [-0.1, -0.05) is 42.3 Å². The van der Waals surface area contributed by atoms with Gasteiger partial charge in [0.2, 0.25) is 0 Å². The van der Waals surface area contributed by atoms with Gasteiger partial charge in [0.05, 0.1) is 0 Å². The maximum Gasteiger partial charge on any atom is 0.419 e. The molecule has 0 radical (unpaired) electrons. The Hall–Kier alpha value is -2.02. The van der Waals surface area contributed by atoms with E-state index < -0.39 is 0 Å². The predicted molar refractivity (Wildman–Crippen MR) is 117 cm³/mol. The summed E-state index contributed by atoms with van der Waals surface area (Å²) < 4.78 is 8.95. The molecule has 1 saturated heterocycles. The number of nitrogens with one attached hydrogen (secondary N) is 1. The van der Waals surface area contributed by atoms with Crippen molar-refractivity contribution >= 4 is 23.7 Å². The number of amides is 1. The number of ether oxygens (including phenoxy) is 1. The second kappa shape index (κ2) is 10.5. The van der Waals surface area contributed by atoms with Crippen LogP contribution < -0.4 is 14.4 Å². The summed E-state index contributed by atoms with van der Waals surface area (Å²) in [6.45, 7) is 3.38. The summed E-state index contributed by atoms with van der Waals surface area (Å²) in [6.07, 6.45) is 5.14. The Kier molecular flexibility index (Phi) is 7.77. The van der Waals surface area contributed by atoms with Gasteiger partial charge in [-0.2, -0.15) is 0 Å². The second-order valence-corrected chi connectivity index (χ2v) is 7.74. The van der Waals surface area contributed by atoms with Crippen LogP contribution in [0.2, 0.25) is 0 Å². The Morgan fingerprint density at radius 1 is 1.14 bits per heavy atom. The Morgan fingerprint density at radius 2 is 1.82 bits per heavy atom. The summed E-state index contributed by atoms with van der Waals surface area (Å²) in [5.41, 5.74) is 2.07. The van der Waals surface area contributed by atoms with E-state index in [2.05, 4.69) is 15.9 Å². The molecule has 6 heteroatoms. The molecule has 0 unspecified atom stereocenters. The van der Waals surface area contributed by atoms with E-state index in [0.29, 0.717) is 11.8 Å². The average Bonchev–Trinajstić information content (AvgIpc) is 2.74. The first-order valence-corrected chi connectivity index (χ1v) is 11.0. The number of anilines is 1. The minimum absolute atomic E-state index is 0.388. The fourth-order valence-corrected chi connectivity index (χ4v) is 3.95. The van der Waals surface area contributed by atoms with Crippen LogP contribution in [0.25, 0.3) is 0 Å². The average molecular weight is 400 g/mol. The van der Waals surface area contributed by atoms with Crippen LogP contribution in [-0.2, 0) is 6.42 Å². The molecular weight excluding hydrogens is 370 g/mol. The van der Waals surface area contributed by atoms with Crippen LogP contribution in [0.15, 0.2) is 54.6 Å². The number of carbonyl (C=O) groups is 1. The molecule has 3 rings (SSSR count). The van der Waals surface area contributed by atoms with E-state index in [0.717, 1.165) is 31.7 Å². The van der Waals surface area contributed by atoms with Gasteiger partial charge in [-0.05, 0) is 68.4 Å². The summed E-state index contributed by atoms with van der Waals surface area (Å²) >= 11 is 1.72. The number of hydrogen-bond acceptors (Lipinski definition) is 5. The molecule has 28 heavy (non-hydrogen) atoms. The Labute approximate surface area is 172 Å². The Bertz CT molecular complexity index is 731. The smallest absolute Gasteiger partial charge is 0.410 e. The first kappa shape index (κ1) is 20.7. The third-order valence-corrected chi connectivity index (χ3v) is 5.70. The van der Waals surface area contributed by atoms with E-state index in [9.17, 15) is 4.79 Å². The highest BCUT2D eigenvalue weighted by molar-refractivity contribution is 7.96. The molecule has 5 nitrogen and oxygen atoms in total. The molecule has 0 saturated carbocycles. The lowest BCUT2D eigenvalue weighted by Gasteiger charge is -2.31. The molecule has 0 bridgehead atoms. The quantitative estimate of drug-likeness (QED) is 0.707. The van der Waals surface area contributed by atoms with Gasteiger partial charge in [0, 0.05) is 25.3 Å². The molecule has 0 aliphatic carbocycles. The number of para-hydroxylation sites is 1. The van der Waals surface area contributed by atoms with Crippen LogP contribution >= 0.6 is 11.9 Å². The zero-order valence-electron chi connectivity index (χ0n) is 16.6. The van der Waals surface area contributed by atoms with Gasteiger partial charge in [-0.25, -0.2) is 4.79 Å². The standard InChI is InChI=1S/C22H29N3O2S/c1-24(20-6-4-3-5-7-20)22(26)27-21-10-8-18(9-11-21)12-15-25-16-13-19(14-17-25)23-28-2/h3-11,19,23H,12-17H2,1-2H3. The van der Waals surface area contributed by atoms with E-state index in [1.54, 1.807) is 19.0 Å². The van der Waals surface area contributed by atoms with Crippen molar-refractivity contribution in [2.75, 3.05) is 37.8 Å². The van der Waals surface area contributed by atoms with Gasteiger partial charge >= 0.3 is 6.09 Å². The molecule has 2 aromatic carbocycles. The van der Waals surface area contributed by atoms with Crippen LogP contribution in [0, 0.1) is 0 Å². The number of carbonyl (C=O) groups excluding carboxylic acids is 1. The highest BCUT2D eigenvalue weighted by Gasteiger charge is 2.18. The summed E-state index contributed by atoms with van der Waals surface area (Å²) in [4.78, 5) is 16.3. The molecule has 0 aromatic heterocycles. The largest absolute Gasteiger partial charge is 0.419 e. The highest BCUT2D eigenvalue weighted by atomic mass is 32.2. The van der Waals surface area contributed by atoms with E-state index in [-0.39, 0.29) is 6.09 Å². The Balaban J connectivity index is 1.44. The van der Waals surface area contributed by atoms with Crippen molar-refractivity contribution in [1.82, 2.24) is 9.62 Å². The predicted octanol–water partition coefficient (Wildman–Crippen LogP) is 4.20. The lowest BCUT2D eigenvalue weighted by Crippen LogP contribution is -2.41. The van der Waals surface area contributed by atoms with Gasteiger partial charge in [0.25, 0.3) is 0 Å². The van der Waals surface area contributed by atoms with Crippen molar-refractivity contribution in [2.24, 2.45) is 0 Å². The van der Waals surface area contributed by atoms with E-state index >= 15 is 0 Å². The molecule has 1 heterocycles. The van der Waals surface area contributed by atoms with Crippen LogP contribution in [0.5, 0.6) is 5.75 Å². The van der Waals surface area contributed by atoms with E-state index in [1.807, 2.05) is 54.6 Å². The van der Waals surface area contributed by atoms with Crippen molar-refractivity contribution in [3.05, 3.63) is 60.2 Å². The maximum absolute atomic E-state index is 12.3. The van der Waals surface area contributed by atoms with Crippen LogP contribution in [0.1, 0.15) is 18.4 Å². The number of likely N-dealkylation sites (tertiary alicyclic amines) is 1. The monoisotopic (exact) mass is 399 g/mol. The fourth-order valence-electron chi connectivity index (χ4n) is 3.38. The highest BCUT2D eigenvalue weighted by Crippen LogP contribution is 2.18. The summed E-state index contributed by atoms with van der Waals surface area (Å²) in [7, 11) is 1.71. The van der Waals surface area contributed by atoms with Crippen molar-refractivity contribution in [3.63, 3.8) is 0 Å². The normalized spacial score (nSPS) is 15.4. The minimum atomic E-state index is -0.388. The van der Waals surface area contributed by atoms with E-state index in [4.69, 9.17) is 4.74 Å². The number of nitrogens with zero attached hydrogens (tertiary/aromatic N) is 2. The molecule has 0 spiro atoms. The molecular formula is C22H29N3O2S. The van der Waals surface area contributed by atoms with Crippen molar-refractivity contribution in [3.8, 4) is 5.75 Å². The van der Waals surface area contributed by atoms with Crippen LogP contribution in [0.4, 0.5) is 10.5 Å². The molecule has 1 aliphatic heterocycles. The molecule has 0 atom stereocenters. The number of rotatable bonds is 7. The minimum Gasteiger partial charge on any atom is -0.410 e. The fraction of sp³-hybridized carbons (Fsp3) is 0.409. The third kappa shape index (κ3) is 5.99. The van der Waals surface area contributed by atoms with Crippen molar-refractivity contribution in [1.29, 1.82) is 0 Å². The molecule has 1 fully saturated rings. The topological polar surface area (TPSA) is 44.8 Å². The lowest BCUT2D eigenvalue weighted by atomic mass is 10.1. The van der Waals surface area contributed by atoms with Gasteiger partial charge in [-0.3, -0.25) is 9.62 Å². The van der Waals surface area contributed by atoms with Gasteiger partial charge < -0.3 is 9.64 Å². The molecule has 1 aliphatic rings. The summed E-state index contributed by atoms with van der Waals surface area (Å²) in [5.74, 6) is 0.570. The van der Waals surface area contributed by atoms with Gasteiger partial charge in [0.15, 0.2) is 0 Å². The Morgan fingerprint density at radius 3 is 2.46 bits per heavy atom. The van der Waals surface area contributed by atoms with Crippen molar-refractivity contribution < 1.29 is 9.53 Å². The third-order valence-electron chi connectivity index (χ3n) is 5.13. The number of piperidine rings is 1. The van der Waals surface area contributed by atoms with Gasteiger partial charge in [0.1, 0.15) is 5.75 Å². The molecule has 1 amide bonds. The summed E-state index contributed by atoms with van der Waals surface area (Å²) in [6, 6.07) is 18.0. The molecule has 150 valence electrons. The summed E-state index contributed by atoms with van der Waals surface area (Å²) in [5, 5.41) is 0. The SMILES string of the molecule is CSNC1CCN(CCc2ccc(OC(=O)N(C)c3ccccc3)cc2)CC1. The maximum atomic E-state index is 12.3. The molecule has 2 aromatic rings. The van der Waals surface area contributed by atoms with Gasteiger partial charge in [-0.15, -0.1) is 0 Å². The zero-order valence-corrected chi connectivity index (χ0v) is 17.5. The second-order valence-electron chi connectivity index (χ2n) is 7.09. The first-order valence-electron chi connectivity index (χ1n) is 9.76. The zero-order chi connectivity index (χ0) is 19.8. The van der Waals surface area contributed by atoms with Crippen molar-refractivity contribution in [2.45, 2.75) is 25.3 Å². The van der Waals surface area contributed by atoms with Crippen LogP contribution in [-0.4, -0.2) is 50.0 Å². The molecule has 1 N–H and O–H groups in total. The van der Waals surface area contributed by atoms with Crippen LogP contribution in [0.3, 0.4) is 0 Å². The number of benzene rings is 2. The van der Waals surface area contributed by atoms with E-state index in [1.165, 1.54) is 23.3 Å². The number of hydrogen-bond donors (Lipinski definition) is 1. The first-order chi connectivity index (χ1) is 13.7.